The Morgan fingerprint density at radius 2 is 2.14 bits per heavy atom. The molecule has 14 heavy (non-hydrogen) atoms. The van der Waals surface area contributed by atoms with E-state index in [0.29, 0.717) is 0 Å². The third-order valence-corrected chi connectivity index (χ3v) is 2.29. The maximum atomic E-state index is 12.3. The minimum Gasteiger partial charge on any atom is -0.249 e. The molecule has 0 unspecified atom stereocenters. The minimum atomic E-state index is -2.72. The molecule has 0 aromatic carbocycles. The summed E-state index contributed by atoms with van der Waals surface area (Å²) < 4.78 is 24.5. The van der Waals surface area contributed by atoms with Gasteiger partial charge in [-0.15, -0.1) is 0 Å². The van der Waals surface area contributed by atoms with Gasteiger partial charge in [0.05, 0.1) is 28.2 Å². The number of halogens is 4. The van der Waals surface area contributed by atoms with Crippen molar-refractivity contribution in [2.75, 3.05) is 0 Å². The van der Waals surface area contributed by atoms with Crippen LogP contribution in [-0.2, 0) is 6.42 Å². The number of hydrogen-bond acceptors (Lipinski definition) is 2. The molecule has 0 bridgehead atoms. The summed E-state index contributed by atoms with van der Waals surface area (Å²) in [7, 11) is 0. The van der Waals surface area contributed by atoms with Gasteiger partial charge in [0.25, 0.3) is 6.43 Å². The molecule has 1 aromatic heterocycles. The van der Waals surface area contributed by atoms with Crippen LogP contribution in [0.15, 0.2) is 6.07 Å². The Labute approximate surface area is 89.1 Å². The molecule has 1 rings (SSSR count). The van der Waals surface area contributed by atoms with Crippen LogP contribution in [-0.4, -0.2) is 4.98 Å². The number of nitrogens with zero attached hydrogens (tertiary/aromatic N) is 2. The average Bonchev–Trinajstić information content (AvgIpc) is 2.12. The van der Waals surface area contributed by atoms with Crippen LogP contribution in [0.1, 0.15) is 17.8 Å². The fraction of sp³-hybridized carbons (Fsp3) is 0.250. The van der Waals surface area contributed by atoms with Crippen molar-refractivity contribution in [3.05, 3.63) is 27.5 Å². The SMILES string of the molecule is N#CCc1nc(C(F)F)cc(Cl)c1Cl. The number of pyridine rings is 1. The number of alkyl halides is 2. The van der Waals surface area contributed by atoms with Crippen molar-refractivity contribution >= 4 is 23.2 Å². The van der Waals surface area contributed by atoms with Gasteiger partial charge in [-0.3, -0.25) is 0 Å². The summed E-state index contributed by atoms with van der Waals surface area (Å²) in [6.07, 6.45) is -2.86. The molecular formula is C8H4Cl2F2N2. The Kier molecular flexibility index (Phi) is 3.62. The molecule has 0 aliphatic carbocycles. The quantitative estimate of drug-likeness (QED) is 0.790. The first-order valence-electron chi connectivity index (χ1n) is 3.56. The van der Waals surface area contributed by atoms with Crippen LogP contribution in [0.25, 0.3) is 0 Å². The standard InChI is InChI=1S/C8H4Cl2F2N2/c9-4-3-6(8(11)12)14-5(1-2-13)7(4)10/h3,8H,1H2. The topological polar surface area (TPSA) is 36.7 Å². The molecular weight excluding hydrogens is 233 g/mol. The first kappa shape index (κ1) is 11.2. The van der Waals surface area contributed by atoms with Crippen LogP contribution in [0.2, 0.25) is 10.0 Å². The summed E-state index contributed by atoms with van der Waals surface area (Å²) in [5.74, 6) is 0. The summed E-state index contributed by atoms with van der Waals surface area (Å²) >= 11 is 11.2. The van der Waals surface area contributed by atoms with Crippen LogP contribution in [0, 0.1) is 11.3 Å². The lowest BCUT2D eigenvalue weighted by Gasteiger charge is -2.05. The molecule has 0 fully saturated rings. The Balaban J connectivity index is 3.22. The third kappa shape index (κ3) is 2.31. The molecule has 0 aliphatic heterocycles. The van der Waals surface area contributed by atoms with Gasteiger partial charge in [0.2, 0.25) is 0 Å². The van der Waals surface area contributed by atoms with E-state index in [9.17, 15) is 8.78 Å². The zero-order valence-corrected chi connectivity index (χ0v) is 8.28. The molecule has 1 aromatic rings. The Morgan fingerprint density at radius 3 is 2.64 bits per heavy atom. The van der Waals surface area contributed by atoms with E-state index in [1.807, 2.05) is 0 Å². The Bertz CT molecular complexity index is 388. The first-order valence-corrected chi connectivity index (χ1v) is 4.31. The van der Waals surface area contributed by atoms with E-state index in [-0.39, 0.29) is 22.2 Å². The van der Waals surface area contributed by atoms with E-state index in [1.54, 1.807) is 6.07 Å². The van der Waals surface area contributed by atoms with Crippen LogP contribution >= 0.6 is 23.2 Å². The normalized spacial score (nSPS) is 10.3. The fourth-order valence-corrected chi connectivity index (χ4v) is 1.26. The molecule has 74 valence electrons. The van der Waals surface area contributed by atoms with Crippen molar-refractivity contribution in [3.8, 4) is 6.07 Å². The van der Waals surface area contributed by atoms with E-state index in [4.69, 9.17) is 28.5 Å². The smallest absolute Gasteiger partial charge is 0.249 e. The van der Waals surface area contributed by atoms with Crippen molar-refractivity contribution in [1.29, 1.82) is 5.26 Å². The summed E-state index contributed by atoms with van der Waals surface area (Å²) in [6.45, 7) is 0. The Morgan fingerprint density at radius 1 is 1.50 bits per heavy atom. The number of aromatic nitrogens is 1. The van der Waals surface area contributed by atoms with E-state index >= 15 is 0 Å². The van der Waals surface area contributed by atoms with Crippen LogP contribution in [0.4, 0.5) is 8.78 Å². The predicted molar refractivity (Wildman–Crippen MR) is 48.5 cm³/mol. The molecule has 0 saturated carbocycles. The molecule has 0 saturated heterocycles. The second kappa shape index (κ2) is 4.54. The largest absolute Gasteiger partial charge is 0.280 e. The molecule has 0 spiro atoms. The van der Waals surface area contributed by atoms with E-state index in [0.717, 1.165) is 6.07 Å². The highest BCUT2D eigenvalue weighted by Gasteiger charge is 2.15. The monoisotopic (exact) mass is 236 g/mol. The van der Waals surface area contributed by atoms with Crippen LogP contribution in [0.3, 0.4) is 0 Å². The predicted octanol–water partition coefficient (Wildman–Crippen LogP) is 3.39. The van der Waals surface area contributed by atoms with Crippen molar-refractivity contribution in [2.24, 2.45) is 0 Å². The maximum absolute atomic E-state index is 12.3. The first-order chi connectivity index (χ1) is 6.56. The van der Waals surface area contributed by atoms with Gasteiger partial charge in [-0.05, 0) is 6.07 Å². The highest BCUT2D eigenvalue weighted by Crippen LogP contribution is 2.29. The lowest BCUT2D eigenvalue weighted by Crippen LogP contribution is -1.97. The zero-order chi connectivity index (χ0) is 10.7. The van der Waals surface area contributed by atoms with Gasteiger partial charge in [-0.25, -0.2) is 13.8 Å². The summed E-state index contributed by atoms with van der Waals surface area (Å²) in [6, 6.07) is 2.76. The van der Waals surface area contributed by atoms with E-state index in [2.05, 4.69) is 4.98 Å². The molecule has 2 nitrogen and oxygen atoms in total. The van der Waals surface area contributed by atoms with Crippen molar-refractivity contribution < 1.29 is 8.78 Å². The second-order valence-electron chi connectivity index (χ2n) is 2.43. The molecule has 0 aliphatic rings. The van der Waals surface area contributed by atoms with Gasteiger partial charge in [0.1, 0.15) is 5.69 Å². The maximum Gasteiger partial charge on any atom is 0.280 e. The highest BCUT2D eigenvalue weighted by atomic mass is 35.5. The molecule has 0 amide bonds. The summed E-state index contributed by atoms with van der Waals surface area (Å²) in [5, 5.41) is 8.43. The lowest BCUT2D eigenvalue weighted by atomic mass is 10.2. The Hall–Kier alpha value is -0.920. The van der Waals surface area contributed by atoms with Crippen LogP contribution in [0.5, 0.6) is 0 Å². The molecule has 0 N–H and O–H groups in total. The minimum absolute atomic E-state index is 0.0118. The fourth-order valence-electron chi connectivity index (χ4n) is 0.872. The van der Waals surface area contributed by atoms with Crippen molar-refractivity contribution in [3.63, 3.8) is 0 Å². The van der Waals surface area contributed by atoms with Gasteiger partial charge in [0.15, 0.2) is 0 Å². The van der Waals surface area contributed by atoms with E-state index in [1.165, 1.54) is 0 Å². The highest BCUT2D eigenvalue weighted by molar-refractivity contribution is 6.42. The number of rotatable bonds is 2. The summed E-state index contributed by atoms with van der Waals surface area (Å²) in [5.41, 5.74) is -0.387. The van der Waals surface area contributed by atoms with Gasteiger partial charge < -0.3 is 0 Å². The van der Waals surface area contributed by atoms with Gasteiger partial charge in [-0.1, -0.05) is 23.2 Å². The van der Waals surface area contributed by atoms with Crippen molar-refractivity contribution in [2.45, 2.75) is 12.8 Å². The van der Waals surface area contributed by atoms with E-state index < -0.39 is 12.1 Å². The van der Waals surface area contributed by atoms with Gasteiger partial charge in [-0.2, -0.15) is 5.26 Å². The lowest BCUT2D eigenvalue weighted by molar-refractivity contribution is 0.146. The van der Waals surface area contributed by atoms with Crippen molar-refractivity contribution in [1.82, 2.24) is 4.98 Å². The zero-order valence-electron chi connectivity index (χ0n) is 6.77. The van der Waals surface area contributed by atoms with Crippen LogP contribution < -0.4 is 0 Å². The van der Waals surface area contributed by atoms with Gasteiger partial charge in [0, 0.05) is 0 Å². The molecule has 0 radical (unpaired) electrons. The average molecular weight is 237 g/mol. The summed E-state index contributed by atoms with van der Waals surface area (Å²) in [4.78, 5) is 3.53. The van der Waals surface area contributed by atoms with Gasteiger partial charge >= 0.3 is 0 Å². The number of hydrogen-bond donors (Lipinski definition) is 0. The number of nitriles is 1. The molecule has 0 atom stereocenters. The molecule has 1 heterocycles. The second-order valence-corrected chi connectivity index (χ2v) is 3.21. The third-order valence-electron chi connectivity index (χ3n) is 1.47. The molecule has 6 heteroatoms.